The molecular formula is C94H213N5O12. The number of nitrogens with one attached hydrogen (secondary N) is 1. The third-order valence-corrected chi connectivity index (χ3v) is 12.2. The van der Waals surface area contributed by atoms with Gasteiger partial charge >= 0.3 is 0 Å². The summed E-state index contributed by atoms with van der Waals surface area (Å²) in [6.45, 7) is 100.0. The SMILES string of the molecule is CC(C)(C)CCCCCCCCN.CC(C)(C)COCCCOCCCCCN.CC(C)(C)COCCCOCCCN.CC(C)(C)COCCCOCCCOC(C)(C)C.CC(C)(C)COCCCOCCNC(C)(C)C.CC(C)(C)COCCOCCOCCCCN.CC(C)C.CC(C)C.CC(C)C.CC(C)C. The van der Waals surface area contributed by atoms with E-state index in [0.29, 0.717) is 38.4 Å². The Kier molecular flexibility index (Phi) is 108. The first-order chi connectivity index (χ1) is 51.1. The average Bonchev–Trinajstić information content (AvgIpc) is 1.04. The first kappa shape index (κ1) is 131. The van der Waals surface area contributed by atoms with E-state index in [2.05, 4.69) is 255 Å². The van der Waals surface area contributed by atoms with E-state index in [4.69, 9.17) is 79.8 Å². The van der Waals surface area contributed by atoms with Crippen molar-refractivity contribution in [2.75, 3.05) is 185 Å². The predicted octanol–water partition coefficient (Wildman–Crippen LogP) is 23.1. The summed E-state index contributed by atoms with van der Waals surface area (Å²) in [5.74, 6) is 3.33. The fraction of sp³-hybridized carbons (Fsp3) is 1.00. The Morgan fingerprint density at radius 3 is 0.685 bits per heavy atom. The molecule has 0 fully saturated rings. The minimum absolute atomic E-state index is 0.0409. The Bertz CT molecular complexity index is 1560. The van der Waals surface area contributed by atoms with Gasteiger partial charge < -0.3 is 85.1 Å². The van der Waals surface area contributed by atoms with Crippen LogP contribution in [0.1, 0.15) is 365 Å². The molecule has 0 aliphatic heterocycles. The van der Waals surface area contributed by atoms with Crippen molar-refractivity contribution in [1.29, 1.82) is 0 Å². The van der Waals surface area contributed by atoms with Crippen molar-refractivity contribution < 1.29 is 56.8 Å². The van der Waals surface area contributed by atoms with Crippen LogP contribution in [-0.2, 0) is 56.8 Å². The molecule has 0 amide bonds. The molecule has 17 heteroatoms. The molecule has 9 N–H and O–H groups in total. The standard InChI is InChI=1S/C15H32O3.C14H31NO2.C13H29NO3.C13H29NO2.C12H27N.C11H25NO2.4C4H10/c1-14(2,3)13-17-11-7-9-16-10-8-12-18-15(4,5)6;1-13(2,3)12-17-10-7-9-16-11-8-15-14(4,5)6;1-13(2,3)12-17-11-10-16-9-8-15-7-5-4-6-14;1-13(2,3)12-16-11-7-10-15-9-6-4-5-8-14;1-12(2,3)10-8-6-4-5-7-9-11-13;1-11(2,3)10-14-9-5-8-13-7-4-6-12;4*1-4(2)3/h7-13H2,1-6H3;15H,7-12H2,1-6H3;4-12,14H2,1-3H3;4-12,14H2,1-3H3;4-11,13H2,1-3H3;4-10,12H2,1-3H3;4*4H,1-3H3. The Morgan fingerprint density at radius 2 is 0.405 bits per heavy atom. The molecule has 0 aromatic rings. The Hall–Kier alpha value is -0.680. The zero-order valence-electron chi connectivity index (χ0n) is 82.5. The minimum Gasteiger partial charge on any atom is -0.381 e. The molecule has 0 saturated heterocycles. The third-order valence-electron chi connectivity index (χ3n) is 12.2. The van der Waals surface area contributed by atoms with Crippen LogP contribution in [0, 0.1) is 56.2 Å². The summed E-state index contributed by atoms with van der Waals surface area (Å²) in [5.41, 5.74) is 23.5. The van der Waals surface area contributed by atoms with E-state index in [1.54, 1.807) is 0 Å². The molecule has 0 radical (unpaired) electrons. The van der Waals surface area contributed by atoms with Crippen LogP contribution < -0.4 is 28.3 Å². The van der Waals surface area contributed by atoms with Gasteiger partial charge in [0.2, 0.25) is 0 Å². The number of rotatable bonds is 53. The second-order valence-electron chi connectivity index (χ2n) is 41.3. The number of hydrogen-bond acceptors (Lipinski definition) is 17. The number of hydrogen-bond donors (Lipinski definition) is 5. The van der Waals surface area contributed by atoms with E-state index in [9.17, 15) is 0 Å². The molecule has 0 rings (SSSR count). The van der Waals surface area contributed by atoms with Crippen molar-refractivity contribution in [2.45, 2.75) is 376 Å². The highest BCUT2D eigenvalue weighted by atomic mass is 16.5. The van der Waals surface area contributed by atoms with Crippen LogP contribution in [0.3, 0.4) is 0 Å². The first-order valence-corrected chi connectivity index (χ1v) is 44.6. The highest BCUT2D eigenvalue weighted by molar-refractivity contribution is 4.70. The van der Waals surface area contributed by atoms with Crippen LogP contribution in [-0.4, -0.2) is 196 Å². The van der Waals surface area contributed by atoms with Crippen LogP contribution in [0.15, 0.2) is 0 Å². The summed E-state index contributed by atoms with van der Waals surface area (Å²) in [4.78, 5) is 0. The monoisotopic (exact) mass is 1600 g/mol. The van der Waals surface area contributed by atoms with E-state index in [-0.39, 0.29) is 38.2 Å². The van der Waals surface area contributed by atoms with Crippen molar-refractivity contribution in [2.24, 2.45) is 79.1 Å². The summed E-state index contributed by atoms with van der Waals surface area (Å²) < 4.78 is 65.9. The quantitative estimate of drug-likeness (QED) is 0.0357. The summed E-state index contributed by atoms with van der Waals surface area (Å²) in [6.07, 6.45) is 20.8. The largest absolute Gasteiger partial charge is 0.381 e. The molecule has 0 bridgehead atoms. The lowest BCUT2D eigenvalue weighted by Crippen LogP contribution is -2.38. The molecule has 0 aliphatic carbocycles. The molecular weight excluding hydrogens is 1390 g/mol. The van der Waals surface area contributed by atoms with Gasteiger partial charge in [-0.25, -0.2) is 0 Å². The lowest BCUT2D eigenvalue weighted by Gasteiger charge is -2.20. The number of nitrogens with two attached hydrogens (primary N) is 4. The maximum atomic E-state index is 5.61. The topological polar surface area (TPSA) is 227 Å². The molecule has 0 aromatic carbocycles. The van der Waals surface area contributed by atoms with Crippen LogP contribution in [0.2, 0.25) is 0 Å². The Balaban J connectivity index is -0.000000133. The van der Waals surface area contributed by atoms with Crippen LogP contribution in [0.25, 0.3) is 0 Å². The summed E-state index contributed by atoms with van der Waals surface area (Å²) in [5, 5.41) is 3.39. The van der Waals surface area contributed by atoms with Crippen molar-refractivity contribution in [3.8, 4) is 0 Å². The highest BCUT2D eigenvalue weighted by Crippen LogP contribution is 2.23. The zero-order chi connectivity index (χ0) is 88.0. The fourth-order valence-electron chi connectivity index (χ4n) is 7.40. The van der Waals surface area contributed by atoms with Crippen LogP contribution in [0.5, 0.6) is 0 Å². The van der Waals surface area contributed by atoms with E-state index < -0.39 is 0 Å². The second kappa shape index (κ2) is 91.6. The summed E-state index contributed by atoms with van der Waals surface area (Å²) in [7, 11) is 0. The van der Waals surface area contributed by atoms with Gasteiger partial charge in [-0.15, -0.1) is 0 Å². The van der Waals surface area contributed by atoms with Gasteiger partial charge in [-0.05, 0) is 207 Å². The fourth-order valence-corrected chi connectivity index (χ4v) is 7.40. The molecule has 0 spiro atoms. The molecule has 17 nitrogen and oxygen atoms in total. The van der Waals surface area contributed by atoms with E-state index in [1.807, 2.05) is 0 Å². The van der Waals surface area contributed by atoms with E-state index in [0.717, 1.165) is 240 Å². The van der Waals surface area contributed by atoms with Crippen molar-refractivity contribution in [3.63, 3.8) is 0 Å². The molecule has 0 atom stereocenters. The van der Waals surface area contributed by atoms with Gasteiger partial charge in [0.1, 0.15) is 0 Å². The van der Waals surface area contributed by atoms with Crippen molar-refractivity contribution in [1.82, 2.24) is 5.32 Å². The van der Waals surface area contributed by atoms with Gasteiger partial charge in [-0.1, -0.05) is 240 Å². The molecule has 686 valence electrons. The smallest absolute Gasteiger partial charge is 0.0701 e. The number of ether oxygens (including phenoxy) is 12. The first-order valence-electron chi connectivity index (χ1n) is 44.6. The lowest BCUT2D eigenvalue weighted by molar-refractivity contribution is -0.0155. The maximum absolute atomic E-state index is 5.61. The predicted molar refractivity (Wildman–Crippen MR) is 491 cm³/mol. The van der Waals surface area contributed by atoms with Gasteiger partial charge in [0.25, 0.3) is 0 Å². The molecule has 0 saturated carbocycles. The summed E-state index contributed by atoms with van der Waals surface area (Å²) in [6, 6.07) is 0. The van der Waals surface area contributed by atoms with Crippen molar-refractivity contribution >= 4 is 0 Å². The van der Waals surface area contributed by atoms with Gasteiger partial charge in [0.15, 0.2) is 0 Å². The summed E-state index contributed by atoms with van der Waals surface area (Å²) >= 11 is 0. The van der Waals surface area contributed by atoms with Gasteiger partial charge in [-0.3, -0.25) is 0 Å². The van der Waals surface area contributed by atoms with Gasteiger partial charge in [0, 0.05) is 98.0 Å². The molecule has 0 unspecified atom stereocenters. The minimum atomic E-state index is -0.0409. The highest BCUT2D eigenvalue weighted by Gasteiger charge is 2.15. The average molecular weight is 1610 g/mol. The zero-order valence-corrected chi connectivity index (χ0v) is 82.5. The third kappa shape index (κ3) is 216. The molecule has 0 aliphatic rings. The van der Waals surface area contributed by atoms with Crippen LogP contribution in [0.4, 0.5) is 0 Å². The Labute approximate surface area is 698 Å². The molecule has 0 aromatic heterocycles. The molecule has 0 heterocycles. The van der Waals surface area contributed by atoms with E-state index >= 15 is 0 Å². The van der Waals surface area contributed by atoms with Crippen molar-refractivity contribution in [3.05, 3.63) is 0 Å². The normalized spacial score (nSPS) is 11.9. The van der Waals surface area contributed by atoms with Gasteiger partial charge in [-0.2, -0.15) is 0 Å². The lowest BCUT2D eigenvalue weighted by atomic mass is 9.89. The number of unbranched alkanes of at least 4 members (excludes halogenated alkanes) is 8. The molecule has 111 heavy (non-hydrogen) atoms. The van der Waals surface area contributed by atoms with Crippen LogP contribution >= 0.6 is 0 Å². The Morgan fingerprint density at radius 1 is 0.207 bits per heavy atom. The van der Waals surface area contributed by atoms with E-state index in [1.165, 1.54) is 51.4 Å². The maximum Gasteiger partial charge on any atom is 0.0701 e. The van der Waals surface area contributed by atoms with Gasteiger partial charge in [0.05, 0.1) is 71.7 Å². The second-order valence-corrected chi connectivity index (χ2v) is 41.3.